The Bertz CT molecular complexity index is 352. The average molecular weight is 299 g/mol. The van der Waals surface area contributed by atoms with Crippen molar-refractivity contribution in [3.63, 3.8) is 0 Å². The van der Waals surface area contributed by atoms with Crippen LogP contribution in [0.5, 0.6) is 0 Å². The Morgan fingerprint density at radius 3 is 2.71 bits per heavy atom. The molecular formula is C16H29NO4. The Labute approximate surface area is 127 Å². The van der Waals surface area contributed by atoms with E-state index in [9.17, 15) is 0 Å². The fraction of sp³-hybridized carbons (Fsp3) is 0.750. The normalized spacial score (nSPS) is 11.4. The quantitative estimate of drug-likeness (QED) is 0.567. The van der Waals surface area contributed by atoms with Crippen LogP contribution in [-0.4, -0.2) is 40.1 Å². The first kappa shape index (κ1) is 18.2. The molecule has 21 heavy (non-hydrogen) atoms. The summed E-state index contributed by atoms with van der Waals surface area (Å²) in [7, 11) is 1.67. The Morgan fingerprint density at radius 2 is 1.95 bits per heavy atom. The molecule has 0 spiro atoms. The summed E-state index contributed by atoms with van der Waals surface area (Å²) in [4.78, 5) is 0. The maximum atomic E-state index is 5.62. The molecule has 0 radical (unpaired) electrons. The summed E-state index contributed by atoms with van der Waals surface area (Å²) in [5.74, 6) is 1.56. The van der Waals surface area contributed by atoms with Gasteiger partial charge in [0.05, 0.1) is 19.5 Å². The Morgan fingerprint density at radius 1 is 1.14 bits per heavy atom. The molecule has 5 heteroatoms. The van der Waals surface area contributed by atoms with Crippen molar-refractivity contribution in [3.8, 4) is 0 Å². The summed E-state index contributed by atoms with van der Waals surface area (Å²) in [6, 6.07) is 2.00. The van der Waals surface area contributed by atoms with Crippen LogP contribution < -0.4 is 5.32 Å². The molecule has 122 valence electrons. The van der Waals surface area contributed by atoms with Gasteiger partial charge in [0, 0.05) is 32.4 Å². The van der Waals surface area contributed by atoms with Crippen molar-refractivity contribution in [1.29, 1.82) is 0 Å². The fourth-order valence-electron chi connectivity index (χ4n) is 1.82. The highest BCUT2D eigenvalue weighted by Gasteiger charge is 2.06. The second kappa shape index (κ2) is 11.7. The second-order valence-electron chi connectivity index (χ2n) is 5.41. The van der Waals surface area contributed by atoms with Crippen LogP contribution in [0.4, 0.5) is 0 Å². The van der Waals surface area contributed by atoms with E-state index in [2.05, 4.69) is 19.2 Å². The largest absolute Gasteiger partial charge is 0.467 e. The predicted molar refractivity (Wildman–Crippen MR) is 82.2 cm³/mol. The van der Waals surface area contributed by atoms with Crippen LogP contribution in [-0.2, 0) is 27.4 Å². The van der Waals surface area contributed by atoms with Gasteiger partial charge in [0.25, 0.3) is 0 Å². The van der Waals surface area contributed by atoms with E-state index in [1.165, 1.54) is 5.56 Å². The number of ether oxygens (including phenoxy) is 3. The van der Waals surface area contributed by atoms with E-state index in [0.717, 1.165) is 25.3 Å². The van der Waals surface area contributed by atoms with Crippen molar-refractivity contribution in [2.24, 2.45) is 5.92 Å². The molecule has 1 heterocycles. The van der Waals surface area contributed by atoms with Crippen LogP contribution in [0.15, 0.2) is 16.7 Å². The summed E-state index contributed by atoms with van der Waals surface area (Å²) in [5, 5.41) is 3.41. The molecule has 1 N–H and O–H groups in total. The van der Waals surface area contributed by atoms with Crippen LogP contribution >= 0.6 is 0 Å². The molecule has 0 aromatic carbocycles. The maximum Gasteiger partial charge on any atom is 0.133 e. The number of hydrogen-bond donors (Lipinski definition) is 1. The molecule has 0 aliphatic heterocycles. The number of hydrogen-bond acceptors (Lipinski definition) is 5. The summed E-state index contributed by atoms with van der Waals surface area (Å²) >= 11 is 0. The Hall–Kier alpha value is -0.880. The van der Waals surface area contributed by atoms with Crippen molar-refractivity contribution >= 4 is 0 Å². The summed E-state index contributed by atoms with van der Waals surface area (Å²) in [6.07, 6.45) is 2.60. The SMILES string of the molecule is COCCOCCCOCc1occc1CNCC(C)C. The first-order chi connectivity index (χ1) is 10.2. The maximum absolute atomic E-state index is 5.62. The molecule has 1 aromatic heterocycles. The van der Waals surface area contributed by atoms with Gasteiger partial charge >= 0.3 is 0 Å². The van der Waals surface area contributed by atoms with Gasteiger partial charge in [-0.25, -0.2) is 0 Å². The number of nitrogens with one attached hydrogen (secondary N) is 1. The lowest BCUT2D eigenvalue weighted by Gasteiger charge is -2.08. The molecule has 0 aliphatic carbocycles. The van der Waals surface area contributed by atoms with Gasteiger partial charge in [-0.2, -0.15) is 0 Å². The van der Waals surface area contributed by atoms with Gasteiger partial charge in [0.2, 0.25) is 0 Å². The molecule has 5 nitrogen and oxygen atoms in total. The summed E-state index contributed by atoms with van der Waals surface area (Å²) in [5.41, 5.74) is 1.17. The minimum absolute atomic E-state index is 0.518. The third-order valence-corrected chi connectivity index (χ3v) is 2.95. The highest BCUT2D eigenvalue weighted by atomic mass is 16.5. The lowest BCUT2D eigenvalue weighted by atomic mass is 10.2. The van der Waals surface area contributed by atoms with Crippen LogP contribution in [0.25, 0.3) is 0 Å². The summed E-state index contributed by atoms with van der Waals surface area (Å²) in [6.45, 7) is 9.39. The monoisotopic (exact) mass is 299 g/mol. The van der Waals surface area contributed by atoms with Gasteiger partial charge in [0.1, 0.15) is 12.4 Å². The van der Waals surface area contributed by atoms with Crippen LogP contribution in [0.2, 0.25) is 0 Å². The molecule has 0 atom stereocenters. The molecular weight excluding hydrogens is 270 g/mol. The van der Waals surface area contributed by atoms with Gasteiger partial charge in [0.15, 0.2) is 0 Å². The van der Waals surface area contributed by atoms with Gasteiger partial charge in [-0.3, -0.25) is 0 Å². The molecule has 0 unspecified atom stereocenters. The van der Waals surface area contributed by atoms with Gasteiger partial charge in [-0.15, -0.1) is 0 Å². The van der Waals surface area contributed by atoms with E-state index >= 15 is 0 Å². The minimum atomic E-state index is 0.518. The van der Waals surface area contributed by atoms with E-state index in [0.29, 0.717) is 39.0 Å². The zero-order chi connectivity index (χ0) is 15.3. The molecule has 1 aromatic rings. The topological polar surface area (TPSA) is 52.9 Å². The third kappa shape index (κ3) is 8.88. The number of rotatable bonds is 13. The standard InChI is InChI=1S/C16H29NO4/c1-14(2)11-17-12-15-5-8-21-16(15)13-20-7-4-6-19-10-9-18-3/h5,8,14,17H,4,6-7,9-13H2,1-3H3. The van der Waals surface area contributed by atoms with Crippen molar-refractivity contribution in [1.82, 2.24) is 5.32 Å². The van der Waals surface area contributed by atoms with E-state index in [1.54, 1.807) is 13.4 Å². The first-order valence-corrected chi connectivity index (χ1v) is 7.64. The lowest BCUT2D eigenvalue weighted by molar-refractivity contribution is 0.0451. The first-order valence-electron chi connectivity index (χ1n) is 7.64. The number of furan rings is 1. The van der Waals surface area contributed by atoms with Crippen LogP contribution in [0, 0.1) is 5.92 Å². The van der Waals surface area contributed by atoms with E-state index in [4.69, 9.17) is 18.6 Å². The smallest absolute Gasteiger partial charge is 0.133 e. The highest BCUT2D eigenvalue weighted by Crippen LogP contribution is 2.12. The van der Waals surface area contributed by atoms with Crippen LogP contribution in [0.3, 0.4) is 0 Å². The Balaban J connectivity index is 2.08. The zero-order valence-electron chi connectivity index (χ0n) is 13.5. The van der Waals surface area contributed by atoms with E-state index < -0.39 is 0 Å². The van der Waals surface area contributed by atoms with E-state index in [1.807, 2.05) is 6.07 Å². The predicted octanol–water partition coefficient (Wildman–Crippen LogP) is 2.59. The molecule has 0 saturated heterocycles. The van der Waals surface area contributed by atoms with Crippen molar-refractivity contribution < 1.29 is 18.6 Å². The van der Waals surface area contributed by atoms with E-state index in [-0.39, 0.29) is 0 Å². The second-order valence-corrected chi connectivity index (χ2v) is 5.41. The molecule has 0 fully saturated rings. The van der Waals surface area contributed by atoms with Crippen LogP contribution in [0.1, 0.15) is 31.6 Å². The molecule has 0 aliphatic rings. The fourth-order valence-corrected chi connectivity index (χ4v) is 1.82. The molecule has 0 bridgehead atoms. The zero-order valence-corrected chi connectivity index (χ0v) is 13.5. The lowest BCUT2D eigenvalue weighted by Crippen LogP contribution is -2.19. The van der Waals surface area contributed by atoms with Gasteiger partial charge in [-0.05, 0) is 24.9 Å². The Kier molecular flexibility index (Phi) is 10.2. The molecule has 0 saturated carbocycles. The van der Waals surface area contributed by atoms with Gasteiger partial charge < -0.3 is 23.9 Å². The van der Waals surface area contributed by atoms with Crippen molar-refractivity contribution in [2.75, 3.05) is 40.1 Å². The molecule has 0 amide bonds. The average Bonchev–Trinajstić information content (AvgIpc) is 2.89. The minimum Gasteiger partial charge on any atom is -0.467 e. The van der Waals surface area contributed by atoms with Gasteiger partial charge in [-0.1, -0.05) is 13.8 Å². The third-order valence-electron chi connectivity index (χ3n) is 2.95. The molecule has 1 rings (SSSR count). The van der Waals surface area contributed by atoms with Crippen molar-refractivity contribution in [3.05, 3.63) is 23.7 Å². The summed E-state index contributed by atoms with van der Waals surface area (Å²) < 4.78 is 21.4. The highest BCUT2D eigenvalue weighted by molar-refractivity contribution is 5.16. The number of methoxy groups -OCH3 is 1. The van der Waals surface area contributed by atoms with Crippen molar-refractivity contribution in [2.45, 2.75) is 33.4 Å².